The van der Waals surface area contributed by atoms with Crippen LogP contribution in [0.2, 0.25) is 0 Å². The molecule has 0 spiro atoms. The average molecular weight is 460 g/mol. The molecule has 1 saturated heterocycles. The van der Waals surface area contributed by atoms with Crippen LogP contribution in [0, 0.1) is 30.3 Å². The largest absolute Gasteiger partial charge is 0.458 e. The lowest BCUT2D eigenvalue weighted by Gasteiger charge is -2.31. The summed E-state index contributed by atoms with van der Waals surface area (Å²) in [7, 11) is 0. The first kappa shape index (κ1) is 23.4. The highest BCUT2D eigenvalue weighted by Crippen LogP contribution is 2.41. The Kier molecular flexibility index (Phi) is 6.81. The number of hydrogen-bond acceptors (Lipinski definition) is 8. The van der Waals surface area contributed by atoms with Crippen molar-refractivity contribution in [2.75, 3.05) is 12.3 Å². The van der Waals surface area contributed by atoms with Crippen molar-refractivity contribution >= 4 is 23.0 Å². The summed E-state index contributed by atoms with van der Waals surface area (Å²) in [4.78, 5) is 24.3. The van der Waals surface area contributed by atoms with Crippen LogP contribution in [0.4, 0.5) is 10.2 Å². The summed E-state index contributed by atoms with van der Waals surface area (Å²) in [5, 5.41) is 10.1. The highest BCUT2D eigenvalue weighted by Gasteiger charge is 2.51. The maximum Gasteiger partial charge on any atom is 0.312 e. The molecule has 33 heavy (non-hydrogen) atoms. The Balaban J connectivity index is 1.48. The van der Waals surface area contributed by atoms with Crippen LogP contribution in [0.1, 0.15) is 64.5 Å². The SMILES string of the molecule is C#C[C@]1(CO)O[C@@H](n2cnc3c(N)nc(F)nc32)C[C@@H]1OC(=O)C1CCC(CCCC)CC1. The van der Waals surface area contributed by atoms with E-state index in [4.69, 9.17) is 21.6 Å². The molecule has 0 bridgehead atoms. The van der Waals surface area contributed by atoms with Crippen LogP contribution in [0.25, 0.3) is 11.2 Å². The molecule has 3 N–H and O–H groups in total. The molecular formula is C23H30FN5O4. The van der Waals surface area contributed by atoms with Gasteiger partial charge in [0, 0.05) is 6.42 Å². The molecule has 3 atom stereocenters. The number of ether oxygens (including phenoxy) is 2. The van der Waals surface area contributed by atoms with Crippen LogP contribution in [0.5, 0.6) is 0 Å². The zero-order valence-electron chi connectivity index (χ0n) is 18.7. The Morgan fingerprint density at radius 2 is 2.18 bits per heavy atom. The van der Waals surface area contributed by atoms with Gasteiger partial charge in [-0.3, -0.25) is 9.36 Å². The summed E-state index contributed by atoms with van der Waals surface area (Å²) in [5.41, 5.74) is 4.57. The summed E-state index contributed by atoms with van der Waals surface area (Å²) in [5.74, 6) is 2.52. The van der Waals surface area contributed by atoms with Gasteiger partial charge < -0.3 is 20.3 Å². The molecule has 1 aliphatic heterocycles. The zero-order chi connectivity index (χ0) is 23.6. The molecule has 0 aromatic carbocycles. The number of carbonyl (C=O) groups is 1. The number of imidazole rings is 1. The van der Waals surface area contributed by atoms with Crippen molar-refractivity contribution in [3.05, 3.63) is 12.4 Å². The minimum atomic E-state index is -1.52. The standard InChI is InChI=1S/C23H30FN5O4/c1-3-5-6-14-7-9-15(10-8-14)21(31)32-16-11-17(33-23(16,4-2)12-30)29-13-26-18-19(25)27-22(24)28-20(18)29/h2,13-17,30H,3,5-12H2,1H3,(H2,25,27,28)/t14?,15?,16-,17+,23+/m0/s1. The minimum Gasteiger partial charge on any atom is -0.458 e. The highest BCUT2D eigenvalue weighted by atomic mass is 19.1. The second-order valence-electron chi connectivity index (χ2n) is 8.99. The van der Waals surface area contributed by atoms with E-state index in [0.717, 1.165) is 25.7 Å². The van der Waals surface area contributed by atoms with E-state index >= 15 is 0 Å². The quantitative estimate of drug-likeness (QED) is 0.368. The molecule has 4 rings (SSSR count). The number of unbranched alkanes of at least 4 members (excludes halogenated alkanes) is 1. The number of terminal acetylenes is 1. The first-order valence-corrected chi connectivity index (χ1v) is 11.5. The van der Waals surface area contributed by atoms with Crippen LogP contribution in [-0.2, 0) is 14.3 Å². The molecule has 3 heterocycles. The fourth-order valence-corrected chi connectivity index (χ4v) is 4.90. The second kappa shape index (κ2) is 9.61. The van der Waals surface area contributed by atoms with E-state index in [1.807, 2.05) is 0 Å². The Morgan fingerprint density at radius 1 is 1.42 bits per heavy atom. The van der Waals surface area contributed by atoms with Gasteiger partial charge in [0.15, 0.2) is 22.6 Å². The van der Waals surface area contributed by atoms with Crippen molar-refractivity contribution in [2.24, 2.45) is 11.8 Å². The average Bonchev–Trinajstić information content (AvgIpc) is 3.39. The lowest BCUT2D eigenvalue weighted by atomic mass is 9.80. The normalized spacial score (nSPS) is 29.8. The van der Waals surface area contributed by atoms with E-state index in [1.54, 1.807) is 0 Å². The predicted molar refractivity (Wildman–Crippen MR) is 118 cm³/mol. The van der Waals surface area contributed by atoms with Gasteiger partial charge in [-0.1, -0.05) is 32.1 Å². The van der Waals surface area contributed by atoms with E-state index in [-0.39, 0.29) is 35.3 Å². The highest BCUT2D eigenvalue weighted by molar-refractivity contribution is 5.81. The van der Waals surface area contributed by atoms with Crippen molar-refractivity contribution in [1.29, 1.82) is 0 Å². The van der Waals surface area contributed by atoms with E-state index in [9.17, 15) is 14.3 Å². The van der Waals surface area contributed by atoms with Crippen molar-refractivity contribution in [2.45, 2.75) is 76.2 Å². The van der Waals surface area contributed by atoms with Gasteiger partial charge in [0.1, 0.15) is 12.3 Å². The van der Waals surface area contributed by atoms with Crippen LogP contribution < -0.4 is 5.73 Å². The van der Waals surface area contributed by atoms with Crippen LogP contribution in [0.15, 0.2) is 6.33 Å². The third-order valence-electron chi connectivity index (χ3n) is 6.90. The third-order valence-corrected chi connectivity index (χ3v) is 6.90. The molecule has 1 aliphatic carbocycles. The number of fused-ring (bicyclic) bond motifs is 1. The molecule has 2 aromatic heterocycles. The topological polar surface area (TPSA) is 125 Å². The van der Waals surface area contributed by atoms with Gasteiger partial charge in [0.05, 0.1) is 18.9 Å². The Labute approximate surface area is 191 Å². The second-order valence-corrected chi connectivity index (χ2v) is 8.99. The summed E-state index contributed by atoms with van der Waals surface area (Å²) in [6.45, 7) is 1.64. The summed E-state index contributed by atoms with van der Waals surface area (Å²) in [6.07, 6.45) is 11.8. The Morgan fingerprint density at radius 3 is 2.85 bits per heavy atom. The monoisotopic (exact) mass is 459 g/mol. The van der Waals surface area contributed by atoms with Crippen molar-refractivity contribution in [3.63, 3.8) is 0 Å². The smallest absolute Gasteiger partial charge is 0.312 e. The van der Waals surface area contributed by atoms with E-state index in [0.29, 0.717) is 5.92 Å². The molecule has 178 valence electrons. The van der Waals surface area contributed by atoms with Gasteiger partial charge in [0.2, 0.25) is 0 Å². The number of hydrogen-bond donors (Lipinski definition) is 2. The molecule has 1 saturated carbocycles. The van der Waals surface area contributed by atoms with E-state index < -0.39 is 30.6 Å². The van der Waals surface area contributed by atoms with Crippen LogP contribution >= 0.6 is 0 Å². The molecule has 0 unspecified atom stereocenters. The van der Waals surface area contributed by atoms with Gasteiger partial charge in [-0.25, -0.2) is 4.98 Å². The summed E-state index contributed by atoms with van der Waals surface area (Å²) >= 11 is 0. The molecule has 2 aliphatic rings. The number of rotatable bonds is 7. The molecule has 9 nitrogen and oxygen atoms in total. The molecule has 2 aromatic rings. The van der Waals surface area contributed by atoms with Crippen LogP contribution in [-0.4, -0.2) is 48.9 Å². The fraction of sp³-hybridized carbons (Fsp3) is 0.652. The number of nitrogens with zero attached hydrogens (tertiary/aromatic N) is 4. The first-order valence-electron chi connectivity index (χ1n) is 11.5. The third kappa shape index (κ3) is 4.52. The van der Waals surface area contributed by atoms with Gasteiger partial charge >= 0.3 is 12.0 Å². The minimum absolute atomic E-state index is 0.0999. The van der Waals surface area contributed by atoms with E-state index in [1.165, 1.54) is 30.2 Å². The van der Waals surface area contributed by atoms with E-state index in [2.05, 4.69) is 27.8 Å². The number of esters is 1. The lowest BCUT2D eigenvalue weighted by Crippen LogP contribution is -2.45. The number of nitrogen functional groups attached to an aromatic ring is 1. The van der Waals surface area contributed by atoms with Crippen LogP contribution in [0.3, 0.4) is 0 Å². The fourth-order valence-electron chi connectivity index (χ4n) is 4.90. The molecule has 0 amide bonds. The Hall–Kier alpha value is -2.77. The first-order chi connectivity index (χ1) is 15.9. The number of aliphatic hydroxyl groups excluding tert-OH is 1. The summed E-state index contributed by atoms with van der Waals surface area (Å²) in [6, 6.07) is 0. The molecule has 10 heteroatoms. The number of halogens is 1. The van der Waals surface area contributed by atoms with Crippen molar-refractivity contribution in [3.8, 4) is 12.3 Å². The van der Waals surface area contributed by atoms with Gasteiger partial charge in [-0.15, -0.1) is 6.42 Å². The van der Waals surface area contributed by atoms with Gasteiger partial charge in [-0.2, -0.15) is 14.4 Å². The molecular weight excluding hydrogens is 429 g/mol. The summed E-state index contributed by atoms with van der Waals surface area (Å²) < 4.78 is 27.0. The number of nitrogens with two attached hydrogens (primary N) is 1. The predicted octanol–water partition coefficient (Wildman–Crippen LogP) is 2.74. The number of aliphatic hydroxyl groups is 1. The van der Waals surface area contributed by atoms with Gasteiger partial charge in [-0.05, 0) is 31.6 Å². The number of carbonyl (C=O) groups excluding carboxylic acids is 1. The van der Waals surface area contributed by atoms with Gasteiger partial charge in [0.25, 0.3) is 0 Å². The number of anilines is 1. The van der Waals surface area contributed by atoms with Crippen molar-refractivity contribution < 1.29 is 23.8 Å². The molecule has 0 radical (unpaired) electrons. The molecule has 2 fully saturated rings. The zero-order valence-corrected chi connectivity index (χ0v) is 18.7. The van der Waals surface area contributed by atoms with Crippen molar-refractivity contribution in [1.82, 2.24) is 19.5 Å². The maximum absolute atomic E-state index is 13.8. The Bertz CT molecular complexity index is 1050. The lowest BCUT2D eigenvalue weighted by molar-refractivity contribution is -0.164. The maximum atomic E-state index is 13.8. The number of aromatic nitrogens is 4.